The first-order valence-electron chi connectivity index (χ1n) is 6.27. The summed E-state index contributed by atoms with van der Waals surface area (Å²) in [7, 11) is 0. The molecule has 0 amide bonds. The van der Waals surface area contributed by atoms with Crippen LogP contribution in [0.3, 0.4) is 0 Å². The van der Waals surface area contributed by atoms with Gasteiger partial charge in [-0.05, 0) is 19.4 Å². The van der Waals surface area contributed by atoms with Gasteiger partial charge in [0, 0.05) is 0 Å². The molecule has 1 aromatic carbocycles. The summed E-state index contributed by atoms with van der Waals surface area (Å²) >= 11 is 0. The maximum absolute atomic E-state index is 11.7. The zero-order chi connectivity index (χ0) is 13.5. The minimum atomic E-state index is -0.775. The quantitative estimate of drug-likeness (QED) is 0.776. The molecule has 0 spiro atoms. The summed E-state index contributed by atoms with van der Waals surface area (Å²) in [6.45, 7) is 3.91. The molecule has 2 saturated heterocycles. The molecule has 0 radical (unpaired) electrons. The van der Waals surface area contributed by atoms with Gasteiger partial charge in [0.25, 0.3) is 0 Å². The number of hydrogen-bond acceptors (Lipinski definition) is 5. The van der Waals surface area contributed by atoms with E-state index in [-0.39, 0.29) is 0 Å². The van der Waals surface area contributed by atoms with E-state index in [2.05, 4.69) is 0 Å². The molecule has 0 unspecified atom stereocenters. The molecule has 102 valence electrons. The summed E-state index contributed by atoms with van der Waals surface area (Å²) in [6, 6.07) is 9.70. The Morgan fingerprint density at radius 2 is 1.95 bits per heavy atom. The summed E-state index contributed by atoms with van der Waals surface area (Å²) in [6.07, 6.45) is -1.89. The number of rotatable bonds is 3. The van der Waals surface area contributed by atoms with Crippen LogP contribution in [0.4, 0.5) is 0 Å². The Morgan fingerprint density at radius 3 is 2.68 bits per heavy atom. The van der Waals surface area contributed by atoms with Crippen molar-refractivity contribution < 1.29 is 23.7 Å². The number of carbonyl (C=O) groups excluding carboxylic acids is 1. The predicted octanol–water partition coefficient (Wildman–Crippen LogP) is 1.61. The van der Waals surface area contributed by atoms with Crippen LogP contribution < -0.4 is 0 Å². The lowest BCUT2D eigenvalue weighted by Crippen LogP contribution is -2.31. The molecule has 2 aliphatic rings. The van der Waals surface area contributed by atoms with E-state index < -0.39 is 30.3 Å². The van der Waals surface area contributed by atoms with Crippen LogP contribution in [-0.2, 0) is 30.3 Å². The number of carbonyl (C=O) groups is 1. The minimum absolute atomic E-state index is 0.367. The van der Waals surface area contributed by atoms with Crippen LogP contribution >= 0.6 is 0 Å². The molecule has 19 heavy (non-hydrogen) atoms. The van der Waals surface area contributed by atoms with Crippen molar-refractivity contribution in [1.82, 2.24) is 0 Å². The van der Waals surface area contributed by atoms with E-state index in [1.54, 1.807) is 13.8 Å². The zero-order valence-electron chi connectivity index (χ0n) is 10.9. The van der Waals surface area contributed by atoms with Crippen LogP contribution in [0.2, 0.25) is 0 Å². The van der Waals surface area contributed by atoms with Gasteiger partial charge in [-0.25, -0.2) is 4.79 Å². The van der Waals surface area contributed by atoms with Crippen LogP contribution in [0.15, 0.2) is 30.3 Å². The van der Waals surface area contributed by atoms with E-state index in [1.807, 2.05) is 30.3 Å². The van der Waals surface area contributed by atoms with E-state index in [9.17, 15) is 4.79 Å². The molecule has 2 aliphatic heterocycles. The number of hydrogen-bond donors (Lipinski definition) is 0. The highest BCUT2D eigenvalue weighted by molar-refractivity contribution is 5.78. The highest BCUT2D eigenvalue weighted by Crippen LogP contribution is 2.36. The first-order chi connectivity index (χ1) is 9.05. The largest absolute Gasteiger partial charge is 0.431 e. The normalized spacial score (nSPS) is 32.1. The fraction of sp³-hybridized carbons (Fsp3) is 0.500. The van der Waals surface area contributed by atoms with Crippen LogP contribution in [0.25, 0.3) is 0 Å². The molecule has 0 aliphatic carbocycles. The van der Waals surface area contributed by atoms with Gasteiger partial charge in [0.15, 0.2) is 18.0 Å². The van der Waals surface area contributed by atoms with Gasteiger partial charge < -0.3 is 18.9 Å². The van der Waals surface area contributed by atoms with E-state index in [0.717, 1.165) is 5.56 Å². The van der Waals surface area contributed by atoms with Gasteiger partial charge in [-0.3, -0.25) is 0 Å². The summed E-state index contributed by atoms with van der Waals surface area (Å²) in [5, 5.41) is 0. The lowest BCUT2D eigenvalue weighted by molar-refractivity contribution is -0.222. The smallest absolute Gasteiger partial charge is 0.340 e. The van der Waals surface area contributed by atoms with Crippen LogP contribution in [0.5, 0.6) is 0 Å². The van der Waals surface area contributed by atoms with Crippen LogP contribution in [0, 0.1) is 0 Å². The van der Waals surface area contributed by atoms with Gasteiger partial charge in [-0.2, -0.15) is 0 Å². The monoisotopic (exact) mass is 264 g/mol. The number of cyclic esters (lactones) is 1. The SMILES string of the molecule is CC1(C)O[C@@H]2[C@H](OCc3ccccc3)OC(=O)[C@@H]2O1. The van der Waals surface area contributed by atoms with Crippen molar-refractivity contribution in [3.05, 3.63) is 35.9 Å². The summed E-state index contributed by atoms with van der Waals surface area (Å²) in [5.41, 5.74) is 1.01. The van der Waals surface area contributed by atoms with Crippen molar-refractivity contribution in [2.45, 2.75) is 44.7 Å². The van der Waals surface area contributed by atoms with Crippen molar-refractivity contribution in [3.63, 3.8) is 0 Å². The first kappa shape index (κ1) is 12.6. The van der Waals surface area contributed by atoms with Crippen LogP contribution in [-0.4, -0.2) is 30.3 Å². The topological polar surface area (TPSA) is 54.0 Å². The van der Waals surface area contributed by atoms with Crippen molar-refractivity contribution in [2.24, 2.45) is 0 Å². The molecular weight excluding hydrogens is 248 g/mol. The van der Waals surface area contributed by atoms with Gasteiger partial charge in [-0.15, -0.1) is 0 Å². The first-order valence-corrected chi connectivity index (χ1v) is 6.27. The second kappa shape index (κ2) is 4.59. The third kappa shape index (κ3) is 2.49. The van der Waals surface area contributed by atoms with Gasteiger partial charge in [-0.1, -0.05) is 30.3 Å². The zero-order valence-corrected chi connectivity index (χ0v) is 10.9. The van der Waals surface area contributed by atoms with Gasteiger partial charge in [0.05, 0.1) is 6.61 Å². The number of fused-ring (bicyclic) bond motifs is 1. The van der Waals surface area contributed by atoms with Crippen molar-refractivity contribution in [3.8, 4) is 0 Å². The van der Waals surface area contributed by atoms with E-state index in [0.29, 0.717) is 6.61 Å². The van der Waals surface area contributed by atoms with Crippen LogP contribution in [0.1, 0.15) is 19.4 Å². The highest BCUT2D eigenvalue weighted by atomic mass is 16.8. The average Bonchev–Trinajstić information content (AvgIpc) is 2.84. The van der Waals surface area contributed by atoms with E-state index in [4.69, 9.17) is 18.9 Å². The number of ether oxygens (including phenoxy) is 4. The molecular formula is C14H16O5. The molecule has 0 N–H and O–H groups in total. The second-order valence-electron chi connectivity index (χ2n) is 5.12. The third-order valence-electron chi connectivity index (χ3n) is 3.12. The Hall–Kier alpha value is -1.43. The van der Waals surface area contributed by atoms with Crippen molar-refractivity contribution in [1.29, 1.82) is 0 Å². The molecule has 5 nitrogen and oxygen atoms in total. The minimum Gasteiger partial charge on any atom is -0.431 e. The van der Waals surface area contributed by atoms with E-state index >= 15 is 0 Å². The number of esters is 1. The number of benzene rings is 1. The molecule has 3 rings (SSSR count). The van der Waals surface area contributed by atoms with Gasteiger partial charge in [0.1, 0.15) is 0 Å². The molecule has 1 aromatic rings. The Morgan fingerprint density at radius 1 is 1.21 bits per heavy atom. The maximum Gasteiger partial charge on any atom is 0.340 e. The lowest BCUT2D eigenvalue weighted by atomic mass is 10.2. The molecule has 2 heterocycles. The Kier molecular flexibility index (Phi) is 3.05. The van der Waals surface area contributed by atoms with Gasteiger partial charge in [0.2, 0.25) is 6.29 Å². The molecule has 0 bridgehead atoms. The highest BCUT2D eigenvalue weighted by Gasteiger charge is 2.56. The van der Waals surface area contributed by atoms with E-state index in [1.165, 1.54) is 0 Å². The van der Waals surface area contributed by atoms with Crippen molar-refractivity contribution >= 4 is 5.97 Å². The molecule has 0 saturated carbocycles. The Balaban J connectivity index is 1.65. The summed E-state index contributed by atoms with van der Waals surface area (Å²) in [5.74, 6) is -1.20. The Bertz CT molecular complexity index is 470. The average molecular weight is 264 g/mol. The fourth-order valence-electron chi connectivity index (χ4n) is 2.30. The van der Waals surface area contributed by atoms with Gasteiger partial charge >= 0.3 is 5.97 Å². The lowest BCUT2D eigenvalue weighted by Gasteiger charge is -2.21. The maximum atomic E-state index is 11.7. The standard InChI is InChI=1S/C14H16O5/c1-14(2)18-10-11(19-14)13(17-12(10)15)16-8-9-6-4-3-5-7-9/h3-7,10-11,13H,8H2,1-2H3/t10-,11+,13-/m1/s1. The molecule has 3 atom stereocenters. The molecule has 5 heteroatoms. The molecule has 2 fully saturated rings. The fourth-order valence-corrected chi connectivity index (χ4v) is 2.30. The predicted molar refractivity (Wildman–Crippen MR) is 64.9 cm³/mol. The second-order valence-corrected chi connectivity index (χ2v) is 5.12. The van der Waals surface area contributed by atoms with Crippen molar-refractivity contribution in [2.75, 3.05) is 0 Å². The summed E-state index contributed by atoms with van der Waals surface area (Å²) in [4.78, 5) is 11.7. The Labute approximate surface area is 111 Å². The summed E-state index contributed by atoms with van der Waals surface area (Å²) < 4.78 is 21.9. The molecule has 0 aromatic heterocycles. The third-order valence-corrected chi connectivity index (χ3v) is 3.12.